The Morgan fingerprint density at radius 2 is 2.21 bits per heavy atom. The molecule has 0 bridgehead atoms. The standard InChI is InChI=1S/C12H16ClN5O7S2.Na.H/c1-6-7(4-18(6,21)27(22,23)24)14-11(20)10(17-25-2)8-5-26-12(15-8)16-9(19)3-13;;/h5-7H,3-4H2,1-2H3,(H,14,20)(H,15,16,19)(H,22,23,24);;/b17-10-;;. The van der Waals surface area contributed by atoms with Crippen LogP contribution in [-0.4, -0.2) is 101 Å². The molecule has 3 atom stereocenters. The first kappa shape index (κ1) is 25.2. The van der Waals surface area contributed by atoms with Crippen LogP contribution in [-0.2, 0) is 24.7 Å². The topological polar surface area (TPSA) is 170 Å². The number of oxime groups is 1. The fourth-order valence-electron chi connectivity index (χ4n) is 2.32. The summed E-state index contributed by atoms with van der Waals surface area (Å²) in [5.41, 5.74) is -0.149. The Labute approximate surface area is 191 Å². The SMILES string of the molecule is CO/N=C(\C(=O)NC1C[N+]([O-])(S(=O)(=O)O)C1C)c1csc(NC(=O)CCl)n1.[NaH]. The van der Waals surface area contributed by atoms with Gasteiger partial charge in [0.15, 0.2) is 10.8 Å². The molecule has 0 saturated carbocycles. The molecule has 2 rings (SSSR count). The third-order valence-corrected chi connectivity index (χ3v) is 6.14. The molecule has 1 saturated heterocycles. The summed E-state index contributed by atoms with van der Waals surface area (Å²) in [5.74, 6) is -1.52. The van der Waals surface area contributed by atoms with Gasteiger partial charge in [-0.05, 0) is 6.92 Å². The molecule has 0 aromatic carbocycles. The molecule has 1 aliphatic heterocycles. The quantitative estimate of drug-likeness (QED) is 0.0877. The van der Waals surface area contributed by atoms with Crippen molar-refractivity contribution in [3.63, 3.8) is 0 Å². The van der Waals surface area contributed by atoms with Crippen molar-refractivity contribution in [2.45, 2.75) is 19.0 Å². The number of carbonyl (C=O) groups is 2. The molecule has 1 aromatic rings. The molecule has 1 aliphatic rings. The molecule has 3 N–H and O–H groups in total. The van der Waals surface area contributed by atoms with Gasteiger partial charge in [0, 0.05) is 5.38 Å². The number of aromatic nitrogens is 1. The number of rotatable bonds is 7. The van der Waals surface area contributed by atoms with E-state index in [2.05, 4.69) is 25.6 Å². The minimum absolute atomic E-state index is 0. The Bertz CT molecular complexity index is 879. The van der Waals surface area contributed by atoms with E-state index >= 15 is 0 Å². The molecule has 0 radical (unpaired) electrons. The molecule has 1 fully saturated rings. The number of carbonyl (C=O) groups excluding carboxylic acids is 2. The van der Waals surface area contributed by atoms with Crippen LogP contribution in [0.25, 0.3) is 0 Å². The fraction of sp³-hybridized carbons (Fsp3) is 0.500. The van der Waals surface area contributed by atoms with E-state index in [4.69, 9.17) is 16.2 Å². The van der Waals surface area contributed by atoms with E-state index in [0.717, 1.165) is 11.3 Å². The molecule has 2 amide bonds. The molecule has 152 valence electrons. The third-order valence-electron chi connectivity index (χ3n) is 3.87. The van der Waals surface area contributed by atoms with Crippen LogP contribution < -0.4 is 10.6 Å². The Kier molecular flexibility index (Phi) is 8.80. The molecule has 16 heteroatoms. The van der Waals surface area contributed by atoms with E-state index in [1.165, 1.54) is 19.4 Å². The van der Waals surface area contributed by atoms with Crippen molar-refractivity contribution in [1.82, 2.24) is 10.3 Å². The van der Waals surface area contributed by atoms with Gasteiger partial charge in [-0.2, -0.15) is 0 Å². The maximum atomic E-state index is 12.4. The summed E-state index contributed by atoms with van der Waals surface area (Å²) in [4.78, 5) is 32.4. The Balaban J connectivity index is 0.00000392. The van der Waals surface area contributed by atoms with Crippen LogP contribution in [0.1, 0.15) is 12.6 Å². The zero-order valence-electron chi connectivity index (χ0n) is 14.1. The minimum atomic E-state index is -4.86. The van der Waals surface area contributed by atoms with E-state index < -0.39 is 44.8 Å². The van der Waals surface area contributed by atoms with Crippen LogP contribution in [0, 0.1) is 5.21 Å². The number of quaternary nitrogens is 1. The van der Waals surface area contributed by atoms with E-state index in [1.54, 1.807) is 0 Å². The van der Waals surface area contributed by atoms with Crippen molar-refractivity contribution < 1.29 is 31.4 Å². The molecule has 2 heterocycles. The maximum absolute atomic E-state index is 12.4. The van der Waals surface area contributed by atoms with Gasteiger partial charge in [0.1, 0.15) is 37.3 Å². The molecule has 1 aromatic heterocycles. The summed E-state index contributed by atoms with van der Waals surface area (Å²) in [6.07, 6.45) is 0. The van der Waals surface area contributed by atoms with Crippen LogP contribution in [0.15, 0.2) is 10.5 Å². The van der Waals surface area contributed by atoms with E-state index in [1.807, 2.05) is 0 Å². The molecule has 0 aliphatic carbocycles. The average Bonchev–Trinajstić information content (AvgIpc) is 3.05. The number of hydrogen-bond donors (Lipinski definition) is 3. The molecular weight excluding hydrogens is 449 g/mol. The molecule has 28 heavy (non-hydrogen) atoms. The second-order valence-corrected chi connectivity index (χ2v) is 8.16. The van der Waals surface area contributed by atoms with Crippen LogP contribution in [0.4, 0.5) is 5.13 Å². The second kappa shape index (κ2) is 9.77. The van der Waals surface area contributed by atoms with Crippen LogP contribution in [0.2, 0.25) is 0 Å². The number of anilines is 1. The van der Waals surface area contributed by atoms with Crippen molar-refractivity contribution in [1.29, 1.82) is 0 Å². The van der Waals surface area contributed by atoms with E-state index in [-0.39, 0.29) is 52.0 Å². The number of thiazole rings is 1. The first-order chi connectivity index (χ1) is 12.5. The first-order valence-electron chi connectivity index (χ1n) is 7.33. The summed E-state index contributed by atoms with van der Waals surface area (Å²) in [6, 6.07) is -1.94. The zero-order valence-corrected chi connectivity index (χ0v) is 16.5. The van der Waals surface area contributed by atoms with Crippen molar-refractivity contribution in [3.05, 3.63) is 16.3 Å². The predicted octanol–water partition coefficient (Wildman–Crippen LogP) is -0.973. The molecule has 3 unspecified atom stereocenters. The summed E-state index contributed by atoms with van der Waals surface area (Å²) >= 11 is 6.41. The van der Waals surface area contributed by atoms with Gasteiger partial charge in [-0.3, -0.25) is 9.59 Å². The number of nitrogens with zero attached hydrogens (tertiary/aromatic N) is 3. The van der Waals surface area contributed by atoms with Gasteiger partial charge >= 0.3 is 39.9 Å². The second-order valence-electron chi connectivity index (χ2n) is 5.52. The number of nitrogens with one attached hydrogen (secondary N) is 2. The van der Waals surface area contributed by atoms with Gasteiger partial charge in [0.25, 0.3) is 5.91 Å². The molecule has 0 spiro atoms. The Morgan fingerprint density at radius 3 is 2.71 bits per heavy atom. The summed E-state index contributed by atoms with van der Waals surface area (Å²) < 4.78 is 29.5. The van der Waals surface area contributed by atoms with Crippen LogP contribution >= 0.6 is 22.9 Å². The van der Waals surface area contributed by atoms with Gasteiger partial charge in [0.05, 0.1) is 0 Å². The third kappa shape index (κ3) is 5.20. The predicted molar refractivity (Wildman–Crippen MR) is 104 cm³/mol. The van der Waals surface area contributed by atoms with E-state index in [0.29, 0.717) is 0 Å². The number of hydroxylamine groups is 2. The van der Waals surface area contributed by atoms with Crippen molar-refractivity contribution in [2.24, 2.45) is 5.16 Å². The summed E-state index contributed by atoms with van der Waals surface area (Å²) in [5, 5.41) is 22.1. The average molecular weight is 466 g/mol. The Hall–Kier alpha value is -0.840. The molecule has 12 nitrogen and oxygen atoms in total. The Morgan fingerprint density at radius 1 is 1.57 bits per heavy atom. The zero-order chi connectivity index (χ0) is 20.4. The van der Waals surface area contributed by atoms with Crippen molar-refractivity contribution in [3.8, 4) is 0 Å². The van der Waals surface area contributed by atoms with Gasteiger partial charge in [-0.25, -0.2) is 13.6 Å². The number of amides is 2. The normalized spacial score (nSPS) is 24.5. The van der Waals surface area contributed by atoms with Crippen LogP contribution in [0.3, 0.4) is 0 Å². The van der Waals surface area contributed by atoms with Gasteiger partial charge in [0.2, 0.25) is 5.91 Å². The monoisotopic (exact) mass is 465 g/mol. The summed E-state index contributed by atoms with van der Waals surface area (Å²) in [6.45, 7) is 0.727. The molecular formula is C12H17ClN5NaO7S2. The van der Waals surface area contributed by atoms with Crippen molar-refractivity contribution in [2.75, 3.05) is 24.9 Å². The van der Waals surface area contributed by atoms with Crippen LogP contribution in [0.5, 0.6) is 0 Å². The van der Waals surface area contributed by atoms with Crippen molar-refractivity contribution >= 4 is 85.5 Å². The number of alkyl halides is 1. The van der Waals surface area contributed by atoms with Gasteiger partial charge in [-0.15, -0.1) is 31.4 Å². The number of halogens is 1. The first-order valence-corrected chi connectivity index (χ1v) is 10.1. The van der Waals surface area contributed by atoms with Gasteiger partial charge < -0.3 is 20.7 Å². The summed E-state index contributed by atoms with van der Waals surface area (Å²) in [7, 11) is -3.65. The van der Waals surface area contributed by atoms with E-state index in [9.17, 15) is 23.2 Å². The number of hydrogen-bond acceptors (Lipinski definition) is 9. The fourth-order valence-corrected chi connectivity index (χ4v) is 4.02. The van der Waals surface area contributed by atoms with Gasteiger partial charge in [-0.1, -0.05) is 5.16 Å².